The van der Waals surface area contributed by atoms with E-state index in [0.29, 0.717) is 5.56 Å². The van der Waals surface area contributed by atoms with E-state index in [9.17, 15) is 9.18 Å². The van der Waals surface area contributed by atoms with Crippen molar-refractivity contribution in [2.75, 3.05) is 6.54 Å². The van der Waals surface area contributed by atoms with E-state index in [-0.39, 0.29) is 17.8 Å². The molecule has 4 heteroatoms. The van der Waals surface area contributed by atoms with Crippen LogP contribution >= 0.6 is 11.3 Å². The van der Waals surface area contributed by atoms with Gasteiger partial charge in [0.05, 0.1) is 6.04 Å². The minimum atomic E-state index is -0.312. The molecular formula is C15H14FNOS. The summed E-state index contributed by atoms with van der Waals surface area (Å²) in [6.07, 6.45) is 2.03. The molecule has 1 aromatic heterocycles. The zero-order valence-electron chi connectivity index (χ0n) is 10.4. The second-order valence-electron chi connectivity index (χ2n) is 4.68. The van der Waals surface area contributed by atoms with Crippen molar-refractivity contribution in [3.8, 4) is 0 Å². The molecule has 1 aliphatic heterocycles. The van der Waals surface area contributed by atoms with E-state index < -0.39 is 0 Å². The highest BCUT2D eigenvalue weighted by Gasteiger charge is 2.31. The van der Waals surface area contributed by atoms with Crippen molar-refractivity contribution in [3.05, 3.63) is 58.0 Å². The Hall–Kier alpha value is -1.68. The largest absolute Gasteiger partial charge is 0.331 e. The molecular weight excluding hydrogens is 261 g/mol. The molecule has 0 bridgehead atoms. The van der Waals surface area contributed by atoms with E-state index in [1.165, 1.54) is 17.0 Å². The van der Waals surface area contributed by atoms with Crippen molar-refractivity contribution >= 4 is 17.2 Å². The van der Waals surface area contributed by atoms with Crippen molar-refractivity contribution in [1.82, 2.24) is 4.90 Å². The fourth-order valence-electron chi connectivity index (χ4n) is 2.54. The van der Waals surface area contributed by atoms with Crippen LogP contribution in [0.3, 0.4) is 0 Å². The third-order valence-corrected chi connectivity index (χ3v) is 4.45. The van der Waals surface area contributed by atoms with Crippen LogP contribution in [-0.2, 0) is 0 Å². The number of rotatable bonds is 2. The number of halogens is 1. The Labute approximate surface area is 115 Å². The summed E-state index contributed by atoms with van der Waals surface area (Å²) in [4.78, 5) is 15.6. The monoisotopic (exact) mass is 275 g/mol. The van der Waals surface area contributed by atoms with Crippen LogP contribution in [0.2, 0.25) is 0 Å². The van der Waals surface area contributed by atoms with Gasteiger partial charge < -0.3 is 4.90 Å². The minimum Gasteiger partial charge on any atom is -0.331 e. The van der Waals surface area contributed by atoms with Crippen molar-refractivity contribution in [3.63, 3.8) is 0 Å². The molecule has 0 radical (unpaired) electrons. The van der Waals surface area contributed by atoms with Crippen molar-refractivity contribution in [2.45, 2.75) is 18.9 Å². The molecule has 0 N–H and O–H groups in total. The molecule has 98 valence electrons. The molecule has 1 saturated heterocycles. The zero-order valence-corrected chi connectivity index (χ0v) is 11.2. The summed E-state index contributed by atoms with van der Waals surface area (Å²) in [7, 11) is 0. The lowest BCUT2D eigenvalue weighted by atomic mass is 10.1. The van der Waals surface area contributed by atoms with Crippen LogP contribution < -0.4 is 0 Å². The SMILES string of the molecule is O=C(c1ccc(F)cc1)N1CCCC1c1cccs1. The minimum absolute atomic E-state index is 0.00380. The molecule has 0 spiro atoms. The van der Waals surface area contributed by atoms with Gasteiger partial charge >= 0.3 is 0 Å². The van der Waals surface area contributed by atoms with Gasteiger partial charge in [0.1, 0.15) is 5.82 Å². The van der Waals surface area contributed by atoms with Crippen molar-refractivity contribution in [2.24, 2.45) is 0 Å². The third kappa shape index (κ3) is 2.40. The van der Waals surface area contributed by atoms with E-state index in [4.69, 9.17) is 0 Å². The van der Waals surface area contributed by atoms with E-state index in [1.54, 1.807) is 23.5 Å². The highest BCUT2D eigenvalue weighted by atomic mass is 32.1. The summed E-state index contributed by atoms with van der Waals surface area (Å²) >= 11 is 1.69. The maximum atomic E-state index is 12.9. The molecule has 1 amide bonds. The average Bonchev–Trinajstić information content (AvgIpc) is 3.09. The Morgan fingerprint density at radius 2 is 2.05 bits per heavy atom. The second-order valence-corrected chi connectivity index (χ2v) is 5.66. The molecule has 2 heterocycles. The first-order valence-corrected chi connectivity index (χ1v) is 7.23. The summed E-state index contributed by atoms with van der Waals surface area (Å²) in [5.74, 6) is -0.316. The number of hydrogen-bond donors (Lipinski definition) is 0. The van der Waals surface area contributed by atoms with Gasteiger partial charge in [-0.1, -0.05) is 6.07 Å². The van der Waals surface area contributed by atoms with Crippen molar-refractivity contribution < 1.29 is 9.18 Å². The fraction of sp³-hybridized carbons (Fsp3) is 0.267. The van der Waals surface area contributed by atoms with Gasteiger partial charge in [0.15, 0.2) is 0 Å². The topological polar surface area (TPSA) is 20.3 Å². The fourth-order valence-corrected chi connectivity index (χ4v) is 3.42. The first-order valence-electron chi connectivity index (χ1n) is 6.35. The number of nitrogens with zero attached hydrogens (tertiary/aromatic N) is 1. The maximum absolute atomic E-state index is 12.9. The van der Waals surface area contributed by atoms with E-state index >= 15 is 0 Å². The van der Waals surface area contributed by atoms with Gasteiger partial charge in [0, 0.05) is 17.0 Å². The number of carbonyl (C=O) groups excluding carboxylic acids is 1. The molecule has 19 heavy (non-hydrogen) atoms. The lowest BCUT2D eigenvalue weighted by Crippen LogP contribution is -2.30. The Morgan fingerprint density at radius 3 is 2.74 bits per heavy atom. The van der Waals surface area contributed by atoms with Crippen LogP contribution in [-0.4, -0.2) is 17.4 Å². The normalized spacial score (nSPS) is 18.8. The molecule has 0 saturated carbocycles. The van der Waals surface area contributed by atoms with Gasteiger partial charge in [0.2, 0.25) is 0 Å². The lowest BCUT2D eigenvalue weighted by Gasteiger charge is -2.24. The average molecular weight is 275 g/mol. The second kappa shape index (κ2) is 5.13. The Balaban J connectivity index is 1.84. The molecule has 1 fully saturated rings. The third-order valence-electron chi connectivity index (χ3n) is 3.48. The lowest BCUT2D eigenvalue weighted by molar-refractivity contribution is 0.0738. The Bertz CT molecular complexity index is 564. The number of benzene rings is 1. The Kier molecular flexibility index (Phi) is 3.34. The molecule has 2 aromatic rings. The summed E-state index contributed by atoms with van der Waals surface area (Å²) in [6.45, 7) is 0.777. The van der Waals surface area contributed by atoms with Gasteiger partial charge in [-0.2, -0.15) is 0 Å². The van der Waals surface area contributed by atoms with Crippen LogP contribution in [0.25, 0.3) is 0 Å². The summed E-state index contributed by atoms with van der Waals surface area (Å²) in [5.41, 5.74) is 0.560. The number of carbonyl (C=O) groups is 1. The predicted molar refractivity (Wildman–Crippen MR) is 73.7 cm³/mol. The molecule has 1 atom stereocenters. The Morgan fingerprint density at radius 1 is 1.26 bits per heavy atom. The maximum Gasteiger partial charge on any atom is 0.254 e. The molecule has 1 aliphatic rings. The van der Waals surface area contributed by atoms with Gasteiger partial charge in [0.25, 0.3) is 5.91 Å². The van der Waals surface area contributed by atoms with Crippen LogP contribution in [0, 0.1) is 5.82 Å². The quantitative estimate of drug-likeness (QED) is 0.815. The molecule has 0 aliphatic carbocycles. The van der Waals surface area contributed by atoms with Crippen molar-refractivity contribution in [1.29, 1.82) is 0 Å². The summed E-state index contributed by atoms with van der Waals surface area (Å²) < 4.78 is 12.9. The van der Waals surface area contributed by atoms with Gasteiger partial charge in [-0.15, -0.1) is 11.3 Å². The van der Waals surface area contributed by atoms with Crippen LogP contribution in [0.5, 0.6) is 0 Å². The number of hydrogen-bond acceptors (Lipinski definition) is 2. The van der Waals surface area contributed by atoms with Crippen LogP contribution in [0.15, 0.2) is 41.8 Å². The highest BCUT2D eigenvalue weighted by Crippen LogP contribution is 2.35. The number of likely N-dealkylation sites (tertiary alicyclic amines) is 1. The first kappa shape index (κ1) is 12.4. The van der Waals surface area contributed by atoms with Gasteiger partial charge in [-0.25, -0.2) is 4.39 Å². The standard InChI is InChI=1S/C15H14FNOS/c16-12-7-5-11(6-8-12)15(18)17-9-1-3-13(17)14-4-2-10-19-14/h2,4-8,10,13H,1,3,9H2. The smallest absolute Gasteiger partial charge is 0.254 e. The molecule has 2 nitrogen and oxygen atoms in total. The number of thiophene rings is 1. The summed E-state index contributed by atoms with van der Waals surface area (Å²) in [5, 5.41) is 2.04. The van der Waals surface area contributed by atoms with E-state index in [0.717, 1.165) is 19.4 Å². The van der Waals surface area contributed by atoms with E-state index in [1.807, 2.05) is 16.3 Å². The number of amides is 1. The molecule has 3 rings (SSSR count). The van der Waals surface area contributed by atoms with E-state index in [2.05, 4.69) is 6.07 Å². The molecule has 1 unspecified atom stereocenters. The van der Waals surface area contributed by atoms with Gasteiger partial charge in [-0.05, 0) is 48.6 Å². The van der Waals surface area contributed by atoms with Crippen LogP contribution in [0.4, 0.5) is 4.39 Å². The summed E-state index contributed by atoms with van der Waals surface area (Å²) in [6, 6.07) is 10.1. The highest BCUT2D eigenvalue weighted by molar-refractivity contribution is 7.10. The first-order chi connectivity index (χ1) is 9.25. The zero-order chi connectivity index (χ0) is 13.2. The van der Waals surface area contributed by atoms with Gasteiger partial charge in [-0.3, -0.25) is 4.79 Å². The molecule has 1 aromatic carbocycles. The van der Waals surface area contributed by atoms with Crippen LogP contribution in [0.1, 0.15) is 34.1 Å². The predicted octanol–water partition coefficient (Wildman–Crippen LogP) is 3.86.